The van der Waals surface area contributed by atoms with E-state index in [2.05, 4.69) is 41.4 Å². The van der Waals surface area contributed by atoms with Crippen molar-refractivity contribution in [1.82, 2.24) is 10.2 Å². The molecule has 0 spiro atoms. The van der Waals surface area contributed by atoms with Crippen molar-refractivity contribution in [2.24, 2.45) is 0 Å². The Morgan fingerprint density at radius 1 is 1.32 bits per heavy atom. The fourth-order valence-electron chi connectivity index (χ4n) is 3.32. The molecule has 0 aromatic heterocycles. The first-order chi connectivity index (χ1) is 10.2. The second kappa shape index (κ2) is 8.23. The smallest absolute Gasteiger partial charge is 0.232 e. The van der Waals surface area contributed by atoms with Crippen molar-refractivity contribution < 1.29 is 4.79 Å². The molecular formula is C17H25ClN2OS. The van der Waals surface area contributed by atoms with Crippen molar-refractivity contribution in [3.8, 4) is 0 Å². The summed E-state index contributed by atoms with van der Waals surface area (Å²) >= 11 is 1.73. The molecule has 3 rings (SSSR count). The maximum Gasteiger partial charge on any atom is 0.232 e. The number of hydrogen-bond acceptors (Lipinski definition) is 3. The van der Waals surface area contributed by atoms with Crippen LogP contribution in [0, 0.1) is 6.92 Å². The lowest BCUT2D eigenvalue weighted by Gasteiger charge is -2.24. The number of halogens is 1. The average Bonchev–Trinajstić information content (AvgIpc) is 2.78. The van der Waals surface area contributed by atoms with E-state index in [1.54, 1.807) is 11.8 Å². The first-order valence-corrected chi connectivity index (χ1v) is 9.03. The molecular weight excluding hydrogens is 316 g/mol. The van der Waals surface area contributed by atoms with Crippen molar-refractivity contribution in [2.45, 2.75) is 44.0 Å². The number of benzene rings is 1. The van der Waals surface area contributed by atoms with Gasteiger partial charge in [-0.25, -0.2) is 0 Å². The summed E-state index contributed by atoms with van der Waals surface area (Å²) in [5.41, 5.74) is 2.60. The van der Waals surface area contributed by atoms with Crippen LogP contribution in [0.3, 0.4) is 0 Å². The molecule has 2 aliphatic rings. The molecule has 2 atom stereocenters. The molecule has 122 valence electrons. The maximum absolute atomic E-state index is 12.4. The summed E-state index contributed by atoms with van der Waals surface area (Å²) in [4.78, 5) is 14.4. The Morgan fingerprint density at radius 2 is 2.14 bits per heavy atom. The number of carbonyl (C=O) groups excluding carboxylic acids is 1. The first kappa shape index (κ1) is 17.6. The summed E-state index contributed by atoms with van der Waals surface area (Å²) < 4.78 is 0. The Morgan fingerprint density at radius 3 is 2.95 bits per heavy atom. The second-order valence-corrected chi connectivity index (χ2v) is 7.23. The number of fused-ring (bicyclic) bond motifs is 2. The molecule has 2 unspecified atom stereocenters. The molecule has 2 aliphatic heterocycles. The third-order valence-electron chi connectivity index (χ3n) is 4.45. The summed E-state index contributed by atoms with van der Waals surface area (Å²) in [6.45, 7) is 3.94. The summed E-state index contributed by atoms with van der Waals surface area (Å²) in [6.07, 6.45) is 3.63. The van der Waals surface area contributed by atoms with Gasteiger partial charge in [-0.15, -0.1) is 24.2 Å². The van der Waals surface area contributed by atoms with Crippen molar-refractivity contribution in [3.63, 3.8) is 0 Å². The predicted molar refractivity (Wildman–Crippen MR) is 95.7 cm³/mol. The number of thioether (sulfide) groups is 1. The predicted octanol–water partition coefficient (Wildman–Crippen LogP) is 3.00. The number of nitrogens with one attached hydrogen (secondary N) is 1. The summed E-state index contributed by atoms with van der Waals surface area (Å²) in [7, 11) is 0. The monoisotopic (exact) mass is 340 g/mol. The third-order valence-corrected chi connectivity index (χ3v) is 5.44. The van der Waals surface area contributed by atoms with Crippen LogP contribution in [0.4, 0.5) is 0 Å². The summed E-state index contributed by atoms with van der Waals surface area (Å²) in [5, 5.41) is 3.63. The van der Waals surface area contributed by atoms with E-state index in [1.165, 1.54) is 24.0 Å². The zero-order valence-corrected chi connectivity index (χ0v) is 14.7. The second-order valence-electron chi connectivity index (χ2n) is 6.25. The van der Waals surface area contributed by atoms with Crippen molar-refractivity contribution in [3.05, 3.63) is 35.4 Å². The molecule has 1 amide bonds. The lowest BCUT2D eigenvalue weighted by Crippen LogP contribution is -2.39. The Kier molecular flexibility index (Phi) is 6.60. The van der Waals surface area contributed by atoms with Crippen LogP contribution in [0.25, 0.3) is 0 Å². The maximum atomic E-state index is 12.4. The van der Waals surface area contributed by atoms with Crippen LogP contribution in [-0.4, -0.2) is 41.7 Å². The van der Waals surface area contributed by atoms with Crippen LogP contribution in [-0.2, 0) is 10.5 Å². The Hall–Kier alpha value is -0.710. The first-order valence-electron chi connectivity index (χ1n) is 7.88. The summed E-state index contributed by atoms with van der Waals surface area (Å²) in [6, 6.07) is 9.71. The highest BCUT2D eigenvalue weighted by atomic mass is 35.5. The summed E-state index contributed by atoms with van der Waals surface area (Å²) in [5.74, 6) is 1.83. The van der Waals surface area contributed by atoms with Crippen LogP contribution >= 0.6 is 24.2 Å². The number of aryl methyl sites for hydroxylation is 1. The fraction of sp³-hybridized carbons (Fsp3) is 0.588. The Bertz CT molecular complexity index is 511. The molecule has 1 N–H and O–H groups in total. The van der Waals surface area contributed by atoms with Crippen LogP contribution < -0.4 is 5.32 Å². The number of hydrogen-bond donors (Lipinski definition) is 1. The number of carbonyl (C=O) groups is 1. The van der Waals surface area contributed by atoms with Gasteiger partial charge in [0, 0.05) is 30.9 Å². The highest BCUT2D eigenvalue weighted by molar-refractivity contribution is 7.99. The number of amides is 1. The van der Waals surface area contributed by atoms with Crippen molar-refractivity contribution >= 4 is 30.1 Å². The van der Waals surface area contributed by atoms with Gasteiger partial charge >= 0.3 is 0 Å². The van der Waals surface area contributed by atoms with E-state index in [1.807, 2.05) is 0 Å². The molecule has 1 aromatic rings. The van der Waals surface area contributed by atoms with Gasteiger partial charge in [-0.1, -0.05) is 29.8 Å². The van der Waals surface area contributed by atoms with E-state index in [9.17, 15) is 4.79 Å². The van der Waals surface area contributed by atoms with Crippen LogP contribution in [0.2, 0.25) is 0 Å². The molecule has 2 heterocycles. The molecule has 0 radical (unpaired) electrons. The lowest BCUT2D eigenvalue weighted by atomic mass is 10.1. The number of nitrogens with zero attached hydrogens (tertiary/aromatic N) is 1. The van der Waals surface area contributed by atoms with E-state index in [0.717, 1.165) is 25.3 Å². The van der Waals surface area contributed by atoms with E-state index in [4.69, 9.17) is 0 Å². The van der Waals surface area contributed by atoms with Crippen molar-refractivity contribution in [2.75, 3.05) is 18.8 Å². The standard InChI is InChI=1S/C17H24N2OS.ClH/c1-13-3-2-4-14(9-13)11-21-12-17(20)19-8-7-15-5-6-16(10-19)18-15;/h2-4,9,15-16,18H,5-8,10-12H2,1H3;1H. The normalized spacial score (nSPS) is 23.8. The highest BCUT2D eigenvalue weighted by Gasteiger charge is 2.30. The molecule has 2 bridgehead atoms. The zero-order chi connectivity index (χ0) is 14.7. The molecule has 1 aromatic carbocycles. The van der Waals surface area contributed by atoms with Gasteiger partial charge in [0.25, 0.3) is 0 Å². The van der Waals surface area contributed by atoms with E-state index in [-0.39, 0.29) is 12.4 Å². The molecule has 5 heteroatoms. The average molecular weight is 341 g/mol. The molecule has 2 fully saturated rings. The molecule has 22 heavy (non-hydrogen) atoms. The molecule has 0 aliphatic carbocycles. The van der Waals surface area contributed by atoms with Crippen LogP contribution in [0.5, 0.6) is 0 Å². The minimum absolute atomic E-state index is 0. The van der Waals surface area contributed by atoms with E-state index >= 15 is 0 Å². The minimum atomic E-state index is 0. The number of likely N-dealkylation sites (tertiary alicyclic amines) is 1. The van der Waals surface area contributed by atoms with Gasteiger partial charge in [0.15, 0.2) is 0 Å². The van der Waals surface area contributed by atoms with Crippen LogP contribution in [0.1, 0.15) is 30.4 Å². The van der Waals surface area contributed by atoms with E-state index in [0.29, 0.717) is 23.7 Å². The number of rotatable bonds is 4. The Balaban J connectivity index is 0.00000176. The molecule has 3 nitrogen and oxygen atoms in total. The van der Waals surface area contributed by atoms with Gasteiger partial charge in [0.05, 0.1) is 5.75 Å². The fourth-order valence-corrected chi connectivity index (χ4v) is 4.19. The lowest BCUT2D eigenvalue weighted by molar-refractivity contribution is -0.128. The van der Waals surface area contributed by atoms with Gasteiger partial charge in [-0.3, -0.25) is 4.79 Å². The minimum Gasteiger partial charge on any atom is -0.340 e. The van der Waals surface area contributed by atoms with Gasteiger partial charge in [-0.2, -0.15) is 0 Å². The molecule has 0 saturated carbocycles. The van der Waals surface area contributed by atoms with Gasteiger partial charge in [0.2, 0.25) is 5.91 Å². The molecule has 2 saturated heterocycles. The van der Waals surface area contributed by atoms with Gasteiger partial charge in [-0.05, 0) is 31.7 Å². The van der Waals surface area contributed by atoms with Gasteiger partial charge < -0.3 is 10.2 Å². The van der Waals surface area contributed by atoms with Gasteiger partial charge in [0.1, 0.15) is 0 Å². The SMILES string of the molecule is Cc1cccc(CSCC(=O)N2CCC3CCC(C2)N3)c1.Cl. The quantitative estimate of drug-likeness (QED) is 0.914. The third kappa shape index (κ3) is 4.64. The van der Waals surface area contributed by atoms with E-state index < -0.39 is 0 Å². The zero-order valence-electron chi connectivity index (χ0n) is 13.1. The highest BCUT2D eigenvalue weighted by Crippen LogP contribution is 2.21. The Labute approximate surface area is 143 Å². The van der Waals surface area contributed by atoms with Crippen molar-refractivity contribution in [1.29, 1.82) is 0 Å². The van der Waals surface area contributed by atoms with Crippen LogP contribution in [0.15, 0.2) is 24.3 Å². The topological polar surface area (TPSA) is 32.3 Å². The largest absolute Gasteiger partial charge is 0.340 e.